The molecule has 3 unspecified atom stereocenters. The minimum Gasteiger partial charge on any atom is -0.463 e. The van der Waals surface area contributed by atoms with E-state index in [1.54, 1.807) is 6.92 Å². The molecule has 0 radical (unpaired) electrons. The molecule has 0 aliphatic heterocycles. The summed E-state index contributed by atoms with van der Waals surface area (Å²) in [6.07, 6.45) is 16.8. The Labute approximate surface area is 163 Å². The number of aliphatic hydroxyl groups is 1. The first kappa shape index (κ1) is 25.4. The molecule has 0 aliphatic rings. The van der Waals surface area contributed by atoms with Crippen LogP contribution in [0.5, 0.6) is 0 Å². The average Bonchev–Trinajstić information content (AvgIpc) is 2.59. The summed E-state index contributed by atoms with van der Waals surface area (Å²) < 4.78 is 5.57. The topological polar surface area (TPSA) is 46.5 Å². The van der Waals surface area contributed by atoms with Gasteiger partial charge < -0.3 is 9.84 Å². The minimum atomic E-state index is -0.324. The van der Waals surface area contributed by atoms with E-state index < -0.39 is 0 Å². The summed E-state index contributed by atoms with van der Waals surface area (Å²) in [5.41, 5.74) is 0. The van der Waals surface area contributed by atoms with Gasteiger partial charge in [-0.05, 0) is 45.4 Å². The van der Waals surface area contributed by atoms with E-state index in [1.165, 1.54) is 64.2 Å². The van der Waals surface area contributed by atoms with Crippen LogP contribution < -0.4 is 0 Å². The maximum absolute atomic E-state index is 12.3. The van der Waals surface area contributed by atoms with Crippen molar-refractivity contribution >= 4 is 5.97 Å². The van der Waals surface area contributed by atoms with E-state index in [4.69, 9.17) is 4.74 Å². The van der Waals surface area contributed by atoms with Crippen LogP contribution in [0.25, 0.3) is 0 Å². The predicted octanol–water partition coefficient (Wildman–Crippen LogP) is 6.81. The van der Waals surface area contributed by atoms with Crippen molar-refractivity contribution in [3.8, 4) is 0 Å². The summed E-state index contributed by atoms with van der Waals surface area (Å²) in [5, 5.41) is 9.36. The number of aliphatic hydroxyl groups excluding tert-OH is 1. The van der Waals surface area contributed by atoms with E-state index in [9.17, 15) is 9.90 Å². The zero-order valence-electron chi connectivity index (χ0n) is 18.1. The smallest absolute Gasteiger partial charge is 0.306 e. The molecule has 0 fully saturated rings. The molecule has 26 heavy (non-hydrogen) atoms. The van der Waals surface area contributed by atoms with E-state index in [0.29, 0.717) is 18.8 Å². The largest absolute Gasteiger partial charge is 0.463 e. The zero-order valence-corrected chi connectivity index (χ0v) is 18.1. The molecule has 0 aromatic carbocycles. The van der Waals surface area contributed by atoms with Gasteiger partial charge in [0.15, 0.2) is 0 Å². The van der Waals surface area contributed by atoms with Crippen molar-refractivity contribution in [2.45, 2.75) is 136 Å². The van der Waals surface area contributed by atoms with Crippen LogP contribution >= 0.6 is 0 Å². The Morgan fingerprint density at radius 2 is 1.27 bits per heavy atom. The van der Waals surface area contributed by atoms with Gasteiger partial charge in [-0.15, -0.1) is 0 Å². The lowest BCUT2D eigenvalue weighted by Crippen LogP contribution is -2.19. The van der Waals surface area contributed by atoms with E-state index in [-0.39, 0.29) is 18.2 Å². The molecule has 0 aromatic rings. The second-order valence-corrected chi connectivity index (χ2v) is 8.20. The Kier molecular flexibility index (Phi) is 17.4. The Hall–Kier alpha value is -0.570. The number of unbranched alkanes of at least 4 members (excludes halogenated alkanes) is 8. The molecule has 3 heteroatoms. The first-order valence-corrected chi connectivity index (χ1v) is 11.4. The molecule has 0 rings (SSSR count). The number of hydrogen-bond acceptors (Lipinski definition) is 3. The fourth-order valence-corrected chi connectivity index (χ4v) is 3.46. The van der Waals surface area contributed by atoms with Crippen LogP contribution in [0.2, 0.25) is 0 Å². The van der Waals surface area contributed by atoms with Crippen molar-refractivity contribution in [3.05, 3.63) is 0 Å². The highest BCUT2D eigenvalue weighted by Crippen LogP contribution is 2.23. The standard InChI is InChI=1S/C23H46O3/c1-5-7-9-11-12-14-16-22(15-13-10-8-6-2)19-23(25)26-21(4)18-17-20(3)24/h20-22,24H,5-19H2,1-4H3. The molecule has 156 valence electrons. The van der Waals surface area contributed by atoms with Crippen LogP contribution in [-0.2, 0) is 9.53 Å². The average molecular weight is 371 g/mol. The monoisotopic (exact) mass is 370 g/mol. The van der Waals surface area contributed by atoms with Gasteiger partial charge in [-0.3, -0.25) is 4.79 Å². The Balaban J connectivity index is 4.15. The van der Waals surface area contributed by atoms with Gasteiger partial charge in [0.05, 0.1) is 12.2 Å². The van der Waals surface area contributed by atoms with Gasteiger partial charge in [0.25, 0.3) is 0 Å². The van der Waals surface area contributed by atoms with Crippen LogP contribution in [0.15, 0.2) is 0 Å². The molecule has 0 aliphatic carbocycles. The number of carbonyl (C=O) groups excluding carboxylic acids is 1. The molecule has 0 bridgehead atoms. The quantitative estimate of drug-likeness (QED) is 0.213. The number of rotatable bonds is 18. The van der Waals surface area contributed by atoms with Crippen molar-refractivity contribution in [3.63, 3.8) is 0 Å². The van der Waals surface area contributed by atoms with Gasteiger partial charge in [0.1, 0.15) is 0 Å². The summed E-state index contributed by atoms with van der Waals surface area (Å²) in [6.45, 7) is 8.20. The fraction of sp³-hybridized carbons (Fsp3) is 0.957. The lowest BCUT2D eigenvalue weighted by molar-refractivity contribution is -0.150. The molecular weight excluding hydrogens is 324 g/mol. The van der Waals surface area contributed by atoms with Crippen molar-refractivity contribution in [2.75, 3.05) is 0 Å². The number of hydrogen-bond donors (Lipinski definition) is 1. The highest BCUT2D eigenvalue weighted by atomic mass is 16.5. The molecule has 0 spiro atoms. The maximum Gasteiger partial charge on any atom is 0.306 e. The van der Waals surface area contributed by atoms with Gasteiger partial charge in [-0.25, -0.2) is 0 Å². The minimum absolute atomic E-state index is 0.0467. The lowest BCUT2D eigenvalue weighted by Gasteiger charge is -2.19. The van der Waals surface area contributed by atoms with E-state index in [1.807, 2.05) is 6.92 Å². The zero-order chi connectivity index (χ0) is 19.6. The number of carbonyl (C=O) groups is 1. The van der Waals surface area contributed by atoms with Crippen LogP contribution in [-0.4, -0.2) is 23.3 Å². The summed E-state index contributed by atoms with van der Waals surface area (Å²) in [7, 11) is 0. The molecule has 3 nitrogen and oxygen atoms in total. The van der Waals surface area contributed by atoms with Crippen molar-refractivity contribution < 1.29 is 14.6 Å². The van der Waals surface area contributed by atoms with Crippen molar-refractivity contribution in [1.29, 1.82) is 0 Å². The SMILES string of the molecule is CCCCCCCCC(CCCCCC)CC(=O)OC(C)CCC(C)O. The first-order chi connectivity index (χ1) is 12.5. The Bertz CT molecular complexity index is 315. The molecule has 0 saturated heterocycles. The second kappa shape index (κ2) is 17.8. The van der Waals surface area contributed by atoms with E-state index in [2.05, 4.69) is 13.8 Å². The normalized spacial score (nSPS) is 14.8. The number of ether oxygens (including phenoxy) is 1. The van der Waals surface area contributed by atoms with E-state index in [0.717, 1.165) is 19.3 Å². The molecule has 0 saturated carbocycles. The fourth-order valence-electron chi connectivity index (χ4n) is 3.46. The van der Waals surface area contributed by atoms with Crippen LogP contribution in [0.3, 0.4) is 0 Å². The lowest BCUT2D eigenvalue weighted by atomic mass is 9.91. The Morgan fingerprint density at radius 1 is 0.769 bits per heavy atom. The number of esters is 1. The third-order valence-electron chi connectivity index (χ3n) is 5.21. The van der Waals surface area contributed by atoms with Crippen LogP contribution in [0, 0.1) is 5.92 Å². The highest BCUT2D eigenvalue weighted by Gasteiger charge is 2.17. The van der Waals surface area contributed by atoms with Crippen LogP contribution in [0.4, 0.5) is 0 Å². The molecule has 0 heterocycles. The van der Waals surface area contributed by atoms with E-state index >= 15 is 0 Å². The highest BCUT2D eigenvalue weighted by molar-refractivity contribution is 5.69. The molecular formula is C23H46O3. The van der Waals surface area contributed by atoms with Gasteiger partial charge in [0.2, 0.25) is 0 Å². The maximum atomic E-state index is 12.3. The Morgan fingerprint density at radius 3 is 1.81 bits per heavy atom. The molecule has 3 atom stereocenters. The molecule has 0 aromatic heterocycles. The van der Waals surface area contributed by atoms with Gasteiger partial charge in [-0.1, -0.05) is 78.1 Å². The van der Waals surface area contributed by atoms with Gasteiger partial charge in [-0.2, -0.15) is 0 Å². The van der Waals surface area contributed by atoms with Gasteiger partial charge in [0, 0.05) is 6.42 Å². The molecule has 1 N–H and O–H groups in total. The first-order valence-electron chi connectivity index (χ1n) is 11.4. The van der Waals surface area contributed by atoms with Crippen molar-refractivity contribution in [1.82, 2.24) is 0 Å². The van der Waals surface area contributed by atoms with Crippen molar-refractivity contribution in [2.24, 2.45) is 5.92 Å². The third-order valence-corrected chi connectivity index (χ3v) is 5.21. The summed E-state index contributed by atoms with van der Waals surface area (Å²) in [5.74, 6) is 0.434. The van der Waals surface area contributed by atoms with Crippen LogP contribution in [0.1, 0.15) is 124 Å². The third kappa shape index (κ3) is 16.9. The summed E-state index contributed by atoms with van der Waals surface area (Å²) in [6, 6.07) is 0. The molecule has 0 amide bonds. The van der Waals surface area contributed by atoms with Gasteiger partial charge >= 0.3 is 5.97 Å². The second-order valence-electron chi connectivity index (χ2n) is 8.20. The summed E-state index contributed by atoms with van der Waals surface area (Å²) >= 11 is 0. The summed E-state index contributed by atoms with van der Waals surface area (Å²) in [4.78, 5) is 12.3. The predicted molar refractivity (Wildman–Crippen MR) is 111 cm³/mol.